The third-order valence-electron chi connectivity index (χ3n) is 3.60. The van der Waals surface area contributed by atoms with Crippen LogP contribution >= 0.6 is 0 Å². The molecule has 0 bridgehead atoms. The molecule has 1 aliphatic rings. The summed E-state index contributed by atoms with van der Waals surface area (Å²) in [4.78, 5) is 16.3. The quantitative estimate of drug-likeness (QED) is 0.793. The van der Waals surface area contributed by atoms with Gasteiger partial charge in [-0.25, -0.2) is 13.8 Å². The first-order chi connectivity index (χ1) is 12.0. The predicted octanol–water partition coefficient (Wildman–Crippen LogP) is 2.48. The van der Waals surface area contributed by atoms with E-state index in [4.69, 9.17) is 4.74 Å². The lowest BCUT2D eigenvalue weighted by Crippen LogP contribution is -2.28. The van der Waals surface area contributed by atoms with Crippen LogP contribution in [0, 0.1) is 11.6 Å². The van der Waals surface area contributed by atoms with Crippen molar-refractivity contribution in [2.45, 2.75) is 11.7 Å². The van der Waals surface area contributed by atoms with Crippen molar-refractivity contribution < 1.29 is 22.9 Å². The van der Waals surface area contributed by atoms with E-state index in [1.54, 1.807) is 0 Å². The molecule has 1 saturated heterocycles. The number of halogens is 2. The van der Waals surface area contributed by atoms with Crippen molar-refractivity contribution in [2.24, 2.45) is 0 Å². The van der Waals surface area contributed by atoms with Gasteiger partial charge in [0.05, 0.1) is 24.6 Å². The fraction of sp³-hybridized carbons (Fsp3) is 0.250. The van der Waals surface area contributed by atoms with Gasteiger partial charge in [-0.15, -0.1) is 0 Å². The highest BCUT2D eigenvalue weighted by Gasteiger charge is 2.28. The Kier molecular flexibility index (Phi) is 5.47. The molecule has 1 aliphatic heterocycles. The van der Waals surface area contributed by atoms with Crippen LogP contribution in [0.1, 0.15) is 16.8 Å². The molecular formula is C16H15F2N3O3S. The minimum atomic E-state index is -1.37. The molecule has 0 aliphatic carbocycles. The zero-order chi connectivity index (χ0) is 17.8. The zero-order valence-electron chi connectivity index (χ0n) is 13.0. The van der Waals surface area contributed by atoms with E-state index >= 15 is 0 Å². The molecule has 2 heterocycles. The van der Waals surface area contributed by atoms with Gasteiger partial charge in [-0.3, -0.25) is 4.79 Å². The van der Waals surface area contributed by atoms with E-state index in [0.29, 0.717) is 19.6 Å². The normalized spacial score (nSPS) is 18.0. The summed E-state index contributed by atoms with van der Waals surface area (Å²) in [5.41, 5.74) is 0.365. The maximum atomic E-state index is 13.2. The number of hydrogen-bond acceptors (Lipinski definition) is 5. The molecular weight excluding hydrogens is 352 g/mol. The number of hydrogen-bond donors (Lipinski definition) is 2. The van der Waals surface area contributed by atoms with Crippen LogP contribution in [-0.4, -0.2) is 33.9 Å². The molecule has 0 saturated carbocycles. The van der Waals surface area contributed by atoms with E-state index in [2.05, 4.69) is 15.0 Å². The number of nitrogens with zero attached hydrogens (tertiary/aromatic N) is 1. The van der Waals surface area contributed by atoms with E-state index < -0.39 is 28.9 Å². The molecule has 6 nitrogen and oxygen atoms in total. The van der Waals surface area contributed by atoms with Crippen molar-refractivity contribution in [1.29, 1.82) is 0 Å². The predicted molar refractivity (Wildman–Crippen MR) is 89.5 cm³/mol. The lowest BCUT2D eigenvalue weighted by molar-refractivity contribution is 0.102. The molecule has 132 valence electrons. The fourth-order valence-electron chi connectivity index (χ4n) is 2.27. The van der Waals surface area contributed by atoms with Gasteiger partial charge in [0.25, 0.3) is 5.91 Å². The van der Waals surface area contributed by atoms with E-state index in [-0.39, 0.29) is 22.3 Å². The summed E-state index contributed by atoms with van der Waals surface area (Å²) in [6.45, 7) is 0.984. The third kappa shape index (κ3) is 4.44. The molecule has 0 radical (unpaired) electrons. The van der Waals surface area contributed by atoms with Crippen molar-refractivity contribution in [2.75, 3.05) is 23.3 Å². The molecule has 9 heteroatoms. The Hall–Kier alpha value is -2.23. The average molecular weight is 367 g/mol. The highest BCUT2D eigenvalue weighted by molar-refractivity contribution is 7.93. The van der Waals surface area contributed by atoms with Crippen molar-refractivity contribution in [3.8, 4) is 0 Å². The number of amides is 1. The topological polar surface area (TPSA) is 86.3 Å². The van der Waals surface area contributed by atoms with Gasteiger partial charge >= 0.3 is 0 Å². The summed E-state index contributed by atoms with van der Waals surface area (Å²) in [7, 11) is 0. The second-order valence-corrected chi connectivity index (χ2v) is 6.86. The number of benzene rings is 1. The summed E-state index contributed by atoms with van der Waals surface area (Å²) < 4.78 is 46.2. The summed E-state index contributed by atoms with van der Waals surface area (Å²) in [5, 5.41) is 2.34. The maximum absolute atomic E-state index is 13.2. The van der Waals surface area contributed by atoms with Crippen LogP contribution in [-0.2, 0) is 16.1 Å². The fourth-order valence-corrected chi connectivity index (χ4v) is 3.29. The summed E-state index contributed by atoms with van der Waals surface area (Å²) >= 11 is -1.37. The Labute approximate surface area is 145 Å². The van der Waals surface area contributed by atoms with Gasteiger partial charge in [-0.2, -0.15) is 4.72 Å². The molecule has 2 unspecified atom stereocenters. The van der Waals surface area contributed by atoms with Crippen LogP contribution in [0.3, 0.4) is 0 Å². The number of aromatic nitrogens is 1. The monoisotopic (exact) mass is 367 g/mol. The highest BCUT2D eigenvalue weighted by atomic mass is 32.2. The Balaban J connectivity index is 1.67. The van der Waals surface area contributed by atoms with Crippen LogP contribution in [0.4, 0.5) is 20.3 Å². The minimum absolute atomic E-state index is 0.124. The molecule has 3 rings (SSSR count). The maximum Gasteiger partial charge on any atom is 0.255 e. The van der Waals surface area contributed by atoms with E-state index in [1.807, 2.05) is 0 Å². The average Bonchev–Trinajstić information content (AvgIpc) is 3.13. The lowest BCUT2D eigenvalue weighted by atomic mass is 10.2. The van der Waals surface area contributed by atoms with Gasteiger partial charge in [-0.05, 0) is 24.3 Å². The third-order valence-corrected chi connectivity index (χ3v) is 4.98. The number of pyridine rings is 1. The molecule has 2 atom stereocenters. The summed E-state index contributed by atoms with van der Waals surface area (Å²) in [6.07, 6.45) is 2.08. The Morgan fingerprint density at radius 3 is 2.84 bits per heavy atom. The molecule has 25 heavy (non-hydrogen) atoms. The van der Waals surface area contributed by atoms with Crippen LogP contribution in [0.15, 0.2) is 36.5 Å². The van der Waals surface area contributed by atoms with E-state index in [9.17, 15) is 18.1 Å². The largest absolute Gasteiger partial charge is 0.593 e. The van der Waals surface area contributed by atoms with E-state index in [0.717, 1.165) is 12.1 Å². The van der Waals surface area contributed by atoms with Crippen molar-refractivity contribution in [3.63, 3.8) is 0 Å². The number of rotatable bonds is 5. The Morgan fingerprint density at radius 2 is 2.12 bits per heavy atom. The first-order valence-corrected chi connectivity index (χ1v) is 8.71. The number of nitrogens with one attached hydrogen (secondary N) is 2. The highest BCUT2D eigenvalue weighted by Crippen LogP contribution is 2.18. The zero-order valence-corrected chi connectivity index (χ0v) is 13.8. The molecule has 1 aromatic heterocycles. The van der Waals surface area contributed by atoms with Crippen LogP contribution in [0.2, 0.25) is 0 Å². The van der Waals surface area contributed by atoms with Gasteiger partial charge < -0.3 is 14.6 Å². The lowest BCUT2D eigenvalue weighted by Gasteiger charge is -2.16. The summed E-state index contributed by atoms with van der Waals surface area (Å²) in [6, 6.07) is 5.97. The number of anilines is 2. The molecule has 0 spiro atoms. The van der Waals surface area contributed by atoms with Gasteiger partial charge in [0, 0.05) is 29.9 Å². The van der Waals surface area contributed by atoms with Gasteiger partial charge in [-0.1, -0.05) is 0 Å². The first-order valence-electron chi connectivity index (χ1n) is 7.50. The van der Waals surface area contributed by atoms with Gasteiger partial charge in [0.15, 0.2) is 22.7 Å². The second-order valence-electron chi connectivity index (χ2n) is 5.40. The summed E-state index contributed by atoms with van der Waals surface area (Å²) in [5.74, 6) is -2.29. The molecule has 2 N–H and O–H groups in total. The molecule has 2 aromatic rings. The van der Waals surface area contributed by atoms with Crippen molar-refractivity contribution in [1.82, 2.24) is 4.98 Å². The Bertz CT molecular complexity index is 772. The SMILES string of the molecule is O=C(Nc1ccc(F)c(F)c1)c1ccnc(N[S+]([O-])C2CCOC2)c1. The van der Waals surface area contributed by atoms with Gasteiger partial charge in [0.1, 0.15) is 0 Å². The minimum Gasteiger partial charge on any atom is -0.593 e. The molecule has 1 amide bonds. The van der Waals surface area contributed by atoms with Crippen molar-refractivity contribution in [3.05, 3.63) is 53.7 Å². The standard InChI is InChI=1S/C16H15F2N3O3S/c17-13-2-1-11(8-14(13)18)20-16(22)10-3-5-19-15(7-10)21-25(23)12-4-6-24-9-12/h1-3,5,7-8,12H,4,6,9H2,(H,19,21)(H,20,22). The van der Waals surface area contributed by atoms with Crippen LogP contribution < -0.4 is 10.0 Å². The van der Waals surface area contributed by atoms with Crippen LogP contribution in [0.25, 0.3) is 0 Å². The van der Waals surface area contributed by atoms with Gasteiger partial charge in [0.2, 0.25) is 0 Å². The second kappa shape index (κ2) is 7.77. The molecule has 1 aromatic carbocycles. The van der Waals surface area contributed by atoms with E-state index in [1.165, 1.54) is 24.4 Å². The number of ether oxygens (including phenoxy) is 1. The Morgan fingerprint density at radius 1 is 1.28 bits per heavy atom. The number of carbonyl (C=O) groups excluding carboxylic acids is 1. The van der Waals surface area contributed by atoms with Crippen LogP contribution in [0.5, 0.6) is 0 Å². The van der Waals surface area contributed by atoms with Crippen molar-refractivity contribution >= 4 is 28.8 Å². The first kappa shape index (κ1) is 17.6. The molecule has 1 fully saturated rings. The number of carbonyl (C=O) groups is 1. The smallest absolute Gasteiger partial charge is 0.255 e.